The summed E-state index contributed by atoms with van der Waals surface area (Å²) in [6.45, 7) is 0. The number of hydrogen-bond donors (Lipinski definition) is 0. The second-order valence-electron chi connectivity index (χ2n) is 5.91. The molecule has 0 bridgehead atoms. The summed E-state index contributed by atoms with van der Waals surface area (Å²) in [6.07, 6.45) is 0. The molecule has 3 heteroatoms. The summed E-state index contributed by atoms with van der Waals surface area (Å²) in [6, 6.07) is 20.4. The lowest BCUT2D eigenvalue weighted by molar-refractivity contribution is 1.21. The van der Waals surface area contributed by atoms with Crippen molar-refractivity contribution >= 4 is 51.3 Å². The van der Waals surface area contributed by atoms with Gasteiger partial charge in [0.25, 0.3) is 5.56 Å². The Bertz CT molecular complexity index is 1250. The lowest BCUT2D eigenvalue weighted by Gasteiger charge is -2.07. The van der Waals surface area contributed by atoms with Crippen LogP contribution in [0.5, 0.6) is 0 Å². The number of benzene rings is 3. The second kappa shape index (κ2) is 3.89. The van der Waals surface area contributed by atoms with Gasteiger partial charge >= 0.3 is 0 Å². The van der Waals surface area contributed by atoms with Crippen LogP contribution in [0.25, 0.3) is 38.0 Å². The smallest absolute Gasteiger partial charge is 0.263 e. The van der Waals surface area contributed by atoms with Gasteiger partial charge in [-0.2, -0.15) is 0 Å². The fourth-order valence-corrected chi connectivity index (χ4v) is 3.68. The second-order valence-corrected chi connectivity index (χ2v) is 5.91. The van der Waals surface area contributed by atoms with Crippen LogP contribution >= 0.6 is 0 Å². The maximum absolute atomic E-state index is 13.0. The molecule has 102 valence electrons. The molecule has 0 spiro atoms. The number of aromatic nitrogens is 1. The molecule has 0 aliphatic heterocycles. The SMILES string of the molecule is Bc1cc2c3ccccc3c(=O)n3c4ccccc4c(c1)c23. The first-order valence-corrected chi connectivity index (χ1v) is 7.43. The van der Waals surface area contributed by atoms with E-state index in [1.165, 1.54) is 5.46 Å². The maximum atomic E-state index is 13.0. The van der Waals surface area contributed by atoms with Crippen molar-refractivity contribution in [3.63, 3.8) is 0 Å². The first-order chi connectivity index (χ1) is 10.8. The van der Waals surface area contributed by atoms with Gasteiger partial charge in [0.2, 0.25) is 0 Å². The largest absolute Gasteiger partial charge is 0.275 e. The molecule has 0 N–H and O–H groups in total. The topological polar surface area (TPSA) is 21.5 Å². The van der Waals surface area contributed by atoms with Crippen LogP contribution in [0.3, 0.4) is 0 Å². The van der Waals surface area contributed by atoms with E-state index in [4.69, 9.17) is 0 Å². The molecule has 2 heterocycles. The predicted octanol–water partition coefficient (Wildman–Crippen LogP) is 2.46. The summed E-state index contributed by atoms with van der Waals surface area (Å²) in [5.74, 6) is 0. The van der Waals surface area contributed by atoms with Crippen LogP contribution in [0, 0.1) is 0 Å². The normalized spacial score (nSPS) is 12.0. The Balaban J connectivity index is 2.32. The molecule has 22 heavy (non-hydrogen) atoms. The number of rotatable bonds is 0. The molecule has 0 aliphatic rings. The summed E-state index contributed by atoms with van der Waals surface area (Å²) < 4.78 is 1.88. The molecule has 3 aromatic carbocycles. The van der Waals surface area contributed by atoms with Crippen LogP contribution in [0.2, 0.25) is 0 Å². The van der Waals surface area contributed by atoms with E-state index in [2.05, 4.69) is 26.0 Å². The van der Waals surface area contributed by atoms with E-state index in [1.807, 2.05) is 46.9 Å². The lowest BCUT2D eigenvalue weighted by atomic mass is 9.91. The predicted molar refractivity (Wildman–Crippen MR) is 95.5 cm³/mol. The van der Waals surface area contributed by atoms with E-state index in [0.29, 0.717) is 0 Å². The van der Waals surface area contributed by atoms with Gasteiger partial charge in [-0.1, -0.05) is 54.0 Å². The average molecular weight is 281 g/mol. The fourth-order valence-electron chi connectivity index (χ4n) is 3.68. The Labute approximate surface area is 127 Å². The van der Waals surface area contributed by atoms with E-state index in [1.54, 1.807) is 0 Å². The molecule has 0 atom stereocenters. The van der Waals surface area contributed by atoms with Crippen LogP contribution in [0.1, 0.15) is 0 Å². The van der Waals surface area contributed by atoms with Gasteiger partial charge in [-0.25, -0.2) is 0 Å². The minimum absolute atomic E-state index is 0.0677. The van der Waals surface area contributed by atoms with Crippen molar-refractivity contribution in [2.24, 2.45) is 0 Å². The minimum Gasteiger partial charge on any atom is -0.275 e. The lowest BCUT2D eigenvalue weighted by Crippen LogP contribution is -2.13. The van der Waals surface area contributed by atoms with E-state index in [9.17, 15) is 4.79 Å². The highest BCUT2D eigenvalue weighted by Crippen LogP contribution is 2.32. The third-order valence-electron chi connectivity index (χ3n) is 4.56. The zero-order chi connectivity index (χ0) is 14.8. The first kappa shape index (κ1) is 11.8. The number of hydrogen-bond acceptors (Lipinski definition) is 1. The van der Waals surface area contributed by atoms with Crippen molar-refractivity contribution in [2.45, 2.75) is 0 Å². The summed E-state index contributed by atoms with van der Waals surface area (Å²) in [7, 11) is 2.11. The molecule has 0 amide bonds. The van der Waals surface area contributed by atoms with Gasteiger partial charge in [0, 0.05) is 21.5 Å². The Hall–Kier alpha value is -2.81. The number of fused-ring (bicyclic) bond motifs is 5. The summed E-state index contributed by atoms with van der Waals surface area (Å²) >= 11 is 0. The van der Waals surface area contributed by atoms with Gasteiger partial charge < -0.3 is 0 Å². The van der Waals surface area contributed by atoms with Gasteiger partial charge in [-0.3, -0.25) is 9.20 Å². The fraction of sp³-hybridized carbons (Fsp3) is 0. The summed E-state index contributed by atoms with van der Waals surface area (Å²) in [5, 5.41) is 5.28. The highest BCUT2D eigenvalue weighted by Gasteiger charge is 2.16. The van der Waals surface area contributed by atoms with E-state index in [0.717, 1.165) is 38.0 Å². The number of nitrogens with zero attached hydrogens (tertiary/aromatic N) is 1. The highest BCUT2D eigenvalue weighted by atomic mass is 16.1. The minimum atomic E-state index is 0.0677. The summed E-state index contributed by atoms with van der Waals surface area (Å²) in [5.41, 5.74) is 3.31. The van der Waals surface area contributed by atoms with E-state index >= 15 is 0 Å². The standard InChI is InChI=1S/C19H12BNO/c20-11-9-15-12-5-1-2-7-14(12)19(22)21-17-8-4-3-6-13(17)16(10-11)18(15)21/h1-10H,20H2. The molecule has 0 saturated carbocycles. The van der Waals surface area contributed by atoms with Crippen LogP contribution in [0.15, 0.2) is 65.5 Å². The van der Waals surface area contributed by atoms with Crippen molar-refractivity contribution in [1.29, 1.82) is 0 Å². The van der Waals surface area contributed by atoms with Crippen molar-refractivity contribution in [3.8, 4) is 0 Å². The molecule has 2 aromatic heterocycles. The molecule has 0 radical (unpaired) electrons. The molecule has 0 fully saturated rings. The molecule has 0 aliphatic carbocycles. The summed E-state index contributed by atoms with van der Waals surface area (Å²) in [4.78, 5) is 13.0. The van der Waals surface area contributed by atoms with Crippen molar-refractivity contribution in [1.82, 2.24) is 4.40 Å². The van der Waals surface area contributed by atoms with Gasteiger partial charge in [0.05, 0.1) is 11.0 Å². The van der Waals surface area contributed by atoms with Crippen molar-refractivity contribution < 1.29 is 0 Å². The van der Waals surface area contributed by atoms with Crippen LogP contribution in [-0.2, 0) is 0 Å². The van der Waals surface area contributed by atoms with Gasteiger partial charge in [0.1, 0.15) is 7.85 Å². The number of para-hydroxylation sites is 1. The maximum Gasteiger partial charge on any atom is 0.263 e. The highest BCUT2D eigenvalue weighted by molar-refractivity contribution is 6.36. The van der Waals surface area contributed by atoms with E-state index in [-0.39, 0.29) is 5.56 Å². The molecule has 2 nitrogen and oxygen atoms in total. The monoisotopic (exact) mass is 281 g/mol. The number of pyridine rings is 1. The van der Waals surface area contributed by atoms with Gasteiger partial charge in [-0.15, -0.1) is 0 Å². The zero-order valence-electron chi connectivity index (χ0n) is 12.1. The Morgan fingerprint density at radius 2 is 1.32 bits per heavy atom. The van der Waals surface area contributed by atoms with Crippen LogP contribution in [0.4, 0.5) is 0 Å². The van der Waals surface area contributed by atoms with Crippen molar-refractivity contribution in [2.75, 3.05) is 0 Å². The molecular formula is C19H12BNO. The van der Waals surface area contributed by atoms with Gasteiger partial charge in [-0.05, 0) is 17.5 Å². The molecule has 5 aromatic rings. The van der Waals surface area contributed by atoms with Gasteiger partial charge in [0.15, 0.2) is 0 Å². The Morgan fingerprint density at radius 3 is 2.09 bits per heavy atom. The van der Waals surface area contributed by atoms with Crippen LogP contribution in [-0.4, -0.2) is 12.2 Å². The average Bonchev–Trinajstić information content (AvgIpc) is 2.88. The third-order valence-corrected chi connectivity index (χ3v) is 4.56. The molecule has 0 saturated heterocycles. The first-order valence-electron chi connectivity index (χ1n) is 7.43. The van der Waals surface area contributed by atoms with Crippen molar-refractivity contribution in [3.05, 3.63) is 71.0 Å². The Kier molecular flexibility index (Phi) is 2.09. The van der Waals surface area contributed by atoms with Crippen LogP contribution < -0.4 is 11.0 Å². The molecule has 5 rings (SSSR count). The van der Waals surface area contributed by atoms with E-state index < -0.39 is 0 Å². The molecule has 0 unspecified atom stereocenters. The Morgan fingerprint density at radius 1 is 0.727 bits per heavy atom. The quantitative estimate of drug-likeness (QED) is 0.315. The third kappa shape index (κ3) is 1.29. The molecular weight excluding hydrogens is 269 g/mol. The zero-order valence-corrected chi connectivity index (χ0v) is 12.1.